The first-order valence-electron chi connectivity index (χ1n) is 8.82. The molecule has 0 aliphatic rings. The summed E-state index contributed by atoms with van der Waals surface area (Å²) in [7, 11) is 0. The minimum absolute atomic E-state index is 0. The van der Waals surface area contributed by atoms with Crippen molar-refractivity contribution in [3.63, 3.8) is 0 Å². The van der Waals surface area contributed by atoms with Crippen LogP contribution in [0.1, 0.15) is 43.7 Å². The maximum Gasteiger partial charge on any atom is 0.191 e. The third-order valence-corrected chi connectivity index (χ3v) is 5.30. The number of aliphatic hydroxyl groups is 1. The maximum atomic E-state index is 10.2. The molecule has 0 saturated carbocycles. The van der Waals surface area contributed by atoms with Crippen molar-refractivity contribution in [2.45, 2.75) is 38.7 Å². The van der Waals surface area contributed by atoms with Gasteiger partial charge in [-0.05, 0) is 30.4 Å². The Labute approximate surface area is 178 Å². The van der Waals surface area contributed by atoms with Crippen LogP contribution in [-0.2, 0) is 5.41 Å². The molecule has 1 unspecified atom stereocenters. The monoisotopic (exact) mass is 487 g/mol. The van der Waals surface area contributed by atoms with E-state index in [2.05, 4.69) is 48.9 Å². The first kappa shape index (κ1) is 22.9. The first-order valence-corrected chi connectivity index (χ1v) is 9.70. The van der Waals surface area contributed by atoms with Crippen molar-refractivity contribution in [1.82, 2.24) is 10.6 Å². The Morgan fingerprint density at radius 2 is 1.88 bits per heavy atom. The van der Waals surface area contributed by atoms with Crippen LogP contribution in [0.5, 0.6) is 0 Å². The molecule has 26 heavy (non-hydrogen) atoms. The standard InChI is InChI=1S/C20H29N3OS.HI/c1-4-21-19(23-15-20(2,3)18-11-8-14-25-18)22-13-12-17(24)16-9-6-5-7-10-16;/h5-11,14,17,24H,4,12-13,15H2,1-3H3,(H2,21,22,23);1H. The number of nitrogens with zero attached hydrogens (tertiary/aromatic N) is 1. The van der Waals surface area contributed by atoms with Gasteiger partial charge in [0, 0.05) is 23.4 Å². The Morgan fingerprint density at radius 1 is 1.15 bits per heavy atom. The van der Waals surface area contributed by atoms with E-state index in [1.54, 1.807) is 11.3 Å². The van der Waals surface area contributed by atoms with E-state index < -0.39 is 6.10 Å². The lowest BCUT2D eigenvalue weighted by Crippen LogP contribution is -2.39. The van der Waals surface area contributed by atoms with E-state index in [4.69, 9.17) is 4.99 Å². The SMILES string of the molecule is CCNC(=NCC(C)(C)c1cccs1)NCCC(O)c1ccccc1.I. The molecule has 6 heteroatoms. The van der Waals surface area contributed by atoms with Gasteiger partial charge in [-0.2, -0.15) is 0 Å². The molecule has 0 bridgehead atoms. The van der Waals surface area contributed by atoms with Gasteiger partial charge in [0.15, 0.2) is 5.96 Å². The van der Waals surface area contributed by atoms with Crippen LogP contribution in [0.15, 0.2) is 52.8 Å². The largest absolute Gasteiger partial charge is 0.388 e. The van der Waals surface area contributed by atoms with Gasteiger partial charge in [0.05, 0.1) is 12.6 Å². The second-order valence-corrected chi connectivity index (χ2v) is 7.65. The Kier molecular flexibility index (Phi) is 10.2. The van der Waals surface area contributed by atoms with E-state index in [9.17, 15) is 5.11 Å². The molecular formula is C20H30IN3OS. The molecule has 0 amide bonds. The summed E-state index contributed by atoms with van der Waals surface area (Å²) < 4.78 is 0. The highest BCUT2D eigenvalue weighted by Crippen LogP contribution is 2.27. The molecule has 1 heterocycles. The number of aliphatic hydroxyl groups excluding tert-OH is 1. The van der Waals surface area contributed by atoms with Gasteiger partial charge in [0.2, 0.25) is 0 Å². The van der Waals surface area contributed by atoms with Crippen molar-refractivity contribution in [2.75, 3.05) is 19.6 Å². The number of aliphatic imine (C=N–C) groups is 1. The molecule has 0 saturated heterocycles. The second kappa shape index (κ2) is 11.6. The van der Waals surface area contributed by atoms with Gasteiger partial charge in [0.1, 0.15) is 0 Å². The zero-order valence-electron chi connectivity index (χ0n) is 15.7. The number of rotatable bonds is 8. The molecule has 2 rings (SSSR count). The Bertz CT molecular complexity index is 644. The van der Waals surface area contributed by atoms with E-state index in [-0.39, 0.29) is 29.4 Å². The Balaban J connectivity index is 0.00000338. The first-order chi connectivity index (χ1) is 12.0. The van der Waals surface area contributed by atoms with Crippen LogP contribution in [0.4, 0.5) is 0 Å². The van der Waals surface area contributed by atoms with Gasteiger partial charge in [0.25, 0.3) is 0 Å². The van der Waals surface area contributed by atoms with Crippen molar-refractivity contribution in [1.29, 1.82) is 0 Å². The van der Waals surface area contributed by atoms with E-state index in [0.717, 1.165) is 18.1 Å². The van der Waals surface area contributed by atoms with Crippen molar-refractivity contribution >= 4 is 41.3 Å². The van der Waals surface area contributed by atoms with Crippen LogP contribution >= 0.6 is 35.3 Å². The minimum atomic E-state index is -0.459. The van der Waals surface area contributed by atoms with E-state index >= 15 is 0 Å². The van der Waals surface area contributed by atoms with Crippen LogP contribution in [-0.4, -0.2) is 30.7 Å². The highest BCUT2D eigenvalue weighted by atomic mass is 127. The van der Waals surface area contributed by atoms with Gasteiger partial charge < -0.3 is 15.7 Å². The van der Waals surface area contributed by atoms with Gasteiger partial charge in [-0.15, -0.1) is 35.3 Å². The third-order valence-electron chi connectivity index (χ3n) is 4.06. The van der Waals surface area contributed by atoms with Gasteiger partial charge in [-0.1, -0.05) is 50.2 Å². The molecule has 2 aromatic rings. The van der Waals surface area contributed by atoms with Crippen LogP contribution < -0.4 is 10.6 Å². The Morgan fingerprint density at radius 3 is 2.50 bits per heavy atom. The molecule has 0 aliphatic carbocycles. The molecule has 1 aromatic heterocycles. The summed E-state index contributed by atoms with van der Waals surface area (Å²) in [6.45, 7) is 8.68. The molecular weight excluding hydrogens is 457 g/mol. The predicted octanol–water partition coefficient (Wildman–Crippen LogP) is 4.32. The minimum Gasteiger partial charge on any atom is -0.388 e. The molecule has 1 atom stereocenters. The number of halogens is 1. The van der Waals surface area contributed by atoms with Crippen LogP contribution in [0.2, 0.25) is 0 Å². The quantitative estimate of drug-likeness (QED) is 0.295. The van der Waals surface area contributed by atoms with Crippen LogP contribution in [0.25, 0.3) is 0 Å². The normalized spacial score (nSPS) is 13.0. The average Bonchev–Trinajstić information content (AvgIpc) is 3.16. The summed E-state index contributed by atoms with van der Waals surface area (Å²) in [4.78, 5) is 6.07. The fourth-order valence-corrected chi connectivity index (χ4v) is 3.37. The number of guanidine groups is 1. The summed E-state index contributed by atoms with van der Waals surface area (Å²) in [6.07, 6.45) is 0.182. The fourth-order valence-electron chi connectivity index (χ4n) is 2.53. The summed E-state index contributed by atoms with van der Waals surface area (Å²) in [6, 6.07) is 14.0. The van der Waals surface area contributed by atoms with Gasteiger partial charge >= 0.3 is 0 Å². The predicted molar refractivity (Wildman–Crippen MR) is 123 cm³/mol. The fraction of sp³-hybridized carbons (Fsp3) is 0.450. The van der Waals surface area contributed by atoms with Gasteiger partial charge in [-0.3, -0.25) is 4.99 Å². The highest BCUT2D eigenvalue weighted by molar-refractivity contribution is 14.0. The summed E-state index contributed by atoms with van der Waals surface area (Å²) in [5.74, 6) is 0.799. The second-order valence-electron chi connectivity index (χ2n) is 6.70. The lowest BCUT2D eigenvalue weighted by molar-refractivity contribution is 0.168. The smallest absolute Gasteiger partial charge is 0.191 e. The van der Waals surface area contributed by atoms with Crippen molar-refractivity contribution < 1.29 is 5.11 Å². The van der Waals surface area contributed by atoms with E-state index in [1.807, 2.05) is 30.3 Å². The lowest BCUT2D eigenvalue weighted by atomic mass is 9.92. The maximum absolute atomic E-state index is 10.2. The van der Waals surface area contributed by atoms with Crippen molar-refractivity contribution in [2.24, 2.45) is 4.99 Å². The molecule has 1 aromatic carbocycles. The number of hydrogen-bond acceptors (Lipinski definition) is 3. The molecule has 0 aliphatic heterocycles. The summed E-state index contributed by atoms with van der Waals surface area (Å²) in [5.41, 5.74) is 0.963. The number of hydrogen-bond donors (Lipinski definition) is 3. The van der Waals surface area contributed by atoms with Gasteiger partial charge in [-0.25, -0.2) is 0 Å². The zero-order chi connectivity index (χ0) is 18.1. The highest BCUT2D eigenvalue weighted by Gasteiger charge is 2.21. The van der Waals surface area contributed by atoms with Crippen LogP contribution in [0.3, 0.4) is 0 Å². The van der Waals surface area contributed by atoms with E-state index in [1.165, 1.54) is 4.88 Å². The van der Waals surface area contributed by atoms with E-state index in [0.29, 0.717) is 19.5 Å². The topological polar surface area (TPSA) is 56.7 Å². The van der Waals surface area contributed by atoms with Crippen molar-refractivity contribution in [3.05, 3.63) is 58.3 Å². The molecule has 0 radical (unpaired) electrons. The lowest BCUT2D eigenvalue weighted by Gasteiger charge is -2.22. The van der Waals surface area contributed by atoms with Crippen molar-refractivity contribution in [3.8, 4) is 0 Å². The molecule has 3 N–H and O–H groups in total. The third kappa shape index (κ3) is 7.25. The number of nitrogens with one attached hydrogen (secondary N) is 2. The Hall–Kier alpha value is -1.12. The summed E-state index contributed by atoms with van der Waals surface area (Å²) in [5, 5.41) is 19.0. The number of thiophene rings is 1. The molecule has 0 spiro atoms. The molecule has 4 nitrogen and oxygen atoms in total. The summed E-state index contributed by atoms with van der Waals surface area (Å²) >= 11 is 1.77. The zero-order valence-corrected chi connectivity index (χ0v) is 18.9. The number of benzene rings is 1. The average molecular weight is 487 g/mol. The van der Waals surface area contributed by atoms with Crippen LogP contribution in [0, 0.1) is 0 Å². The molecule has 0 fully saturated rings. The molecule has 144 valence electrons.